The summed E-state index contributed by atoms with van der Waals surface area (Å²) in [5, 5.41) is 16.4. The van der Waals surface area contributed by atoms with Crippen molar-refractivity contribution in [2.45, 2.75) is 46.7 Å². The molecule has 2 heterocycles. The van der Waals surface area contributed by atoms with Crippen molar-refractivity contribution in [1.29, 1.82) is 0 Å². The molecule has 0 spiro atoms. The maximum Gasteiger partial charge on any atom is 0.326 e. The van der Waals surface area contributed by atoms with Gasteiger partial charge in [-0.1, -0.05) is 29.8 Å². The number of rotatable bonds is 9. The zero-order chi connectivity index (χ0) is 24.9. The van der Waals surface area contributed by atoms with Gasteiger partial charge in [-0.3, -0.25) is 0 Å². The SMILES string of the molecule is Cc1ccnc(NCc2ccn(-c3ccc(CC(Nc4c(C)cc(C)cc4C)C(=O)O)cc3)c2)c1. The molecule has 4 aromatic rings. The Morgan fingerprint density at radius 3 is 2.31 bits per heavy atom. The number of carboxylic acid groups (broad SMARTS) is 1. The van der Waals surface area contributed by atoms with Crippen molar-refractivity contribution in [3.8, 4) is 5.69 Å². The molecule has 35 heavy (non-hydrogen) atoms. The Kier molecular flexibility index (Phi) is 7.20. The van der Waals surface area contributed by atoms with Crippen molar-refractivity contribution >= 4 is 17.5 Å². The van der Waals surface area contributed by atoms with Gasteiger partial charge >= 0.3 is 5.97 Å². The van der Waals surface area contributed by atoms with Gasteiger partial charge in [0.15, 0.2) is 0 Å². The van der Waals surface area contributed by atoms with Crippen LogP contribution >= 0.6 is 0 Å². The van der Waals surface area contributed by atoms with Gasteiger partial charge in [-0.15, -0.1) is 0 Å². The van der Waals surface area contributed by atoms with Gasteiger partial charge in [0.1, 0.15) is 11.9 Å². The standard InChI is InChI=1S/C29H32N4O2/c1-19-9-11-30-27(15-19)31-17-24-10-12-33(18-24)25-7-5-23(6-8-25)16-26(29(34)35)32-28-21(3)13-20(2)14-22(28)4/h5-15,18,26,32H,16-17H2,1-4H3,(H,30,31)(H,34,35). The number of aliphatic carboxylic acids is 1. The quantitative estimate of drug-likeness (QED) is 0.288. The molecule has 180 valence electrons. The van der Waals surface area contributed by atoms with Crippen molar-refractivity contribution in [1.82, 2.24) is 9.55 Å². The Morgan fingerprint density at radius 1 is 0.943 bits per heavy atom. The summed E-state index contributed by atoms with van der Waals surface area (Å²) in [6.07, 6.45) is 6.31. The van der Waals surface area contributed by atoms with Crippen LogP contribution in [-0.4, -0.2) is 26.7 Å². The maximum atomic E-state index is 12.0. The minimum atomic E-state index is -0.862. The number of benzene rings is 2. The summed E-state index contributed by atoms with van der Waals surface area (Å²) in [4.78, 5) is 16.3. The summed E-state index contributed by atoms with van der Waals surface area (Å²) < 4.78 is 2.07. The molecule has 4 rings (SSSR count). The second-order valence-electron chi connectivity index (χ2n) is 9.18. The highest BCUT2D eigenvalue weighted by molar-refractivity contribution is 5.79. The molecule has 2 aromatic heterocycles. The number of carbonyl (C=O) groups is 1. The Labute approximate surface area is 206 Å². The van der Waals surface area contributed by atoms with E-state index in [1.165, 1.54) is 11.1 Å². The molecular formula is C29H32N4O2. The van der Waals surface area contributed by atoms with Crippen LogP contribution < -0.4 is 10.6 Å². The van der Waals surface area contributed by atoms with E-state index < -0.39 is 12.0 Å². The minimum absolute atomic E-state index is 0.396. The molecule has 0 fully saturated rings. The van der Waals surface area contributed by atoms with Crippen LogP contribution in [0.2, 0.25) is 0 Å². The van der Waals surface area contributed by atoms with Gasteiger partial charge in [0.25, 0.3) is 0 Å². The fourth-order valence-corrected chi connectivity index (χ4v) is 4.35. The first-order valence-corrected chi connectivity index (χ1v) is 11.8. The minimum Gasteiger partial charge on any atom is -0.480 e. The molecule has 6 nitrogen and oxygen atoms in total. The van der Waals surface area contributed by atoms with Gasteiger partial charge < -0.3 is 20.3 Å². The van der Waals surface area contributed by atoms with E-state index in [-0.39, 0.29) is 0 Å². The lowest BCUT2D eigenvalue weighted by Gasteiger charge is -2.20. The number of aromatic nitrogens is 2. The number of hydrogen-bond acceptors (Lipinski definition) is 4. The van der Waals surface area contributed by atoms with Crippen LogP contribution in [0.25, 0.3) is 5.69 Å². The van der Waals surface area contributed by atoms with Gasteiger partial charge in [-0.05, 0) is 85.8 Å². The molecule has 0 saturated carbocycles. The number of aryl methyl sites for hydroxylation is 4. The smallest absolute Gasteiger partial charge is 0.326 e. The van der Waals surface area contributed by atoms with E-state index >= 15 is 0 Å². The number of hydrogen-bond donors (Lipinski definition) is 3. The molecule has 0 aliphatic carbocycles. The van der Waals surface area contributed by atoms with Gasteiger partial charge in [-0.2, -0.15) is 0 Å². The number of pyridine rings is 1. The van der Waals surface area contributed by atoms with E-state index in [0.717, 1.165) is 39.4 Å². The number of carboxylic acids is 1. The third kappa shape index (κ3) is 6.09. The van der Waals surface area contributed by atoms with Crippen molar-refractivity contribution < 1.29 is 9.90 Å². The summed E-state index contributed by atoms with van der Waals surface area (Å²) >= 11 is 0. The van der Waals surface area contributed by atoms with Crippen LogP contribution in [0.3, 0.4) is 0 Å². The van der Waals surface area contributed by atoms with Gasteiger partial charge in [0.05, 0.1) is 0 Å². The molecule has 0 bridgehead atoms. The van der Waals surface area contributed by atoms with E-state index in [1.807, 2.05) is 70.3 Å². The molecular weight excluding hydrogens is 436 g/mol. The molecule has 3 N–H and O–H groups in total. The molecule has 1 atom stereocenters. The molecule has 0 radical (unpaired) electrons. The molecule has 0 aliphatic rings. The molecule has 2 aromatic carbocycles. The summed E-state index contributed by atoms with van der Waals surface area (Å²) in [6.45, 7) is 8.80. The Hall–Kier alpha value is -4.06. The fourth-order valence-electron chi connectivity index (χ4n) is 4.35. The third-order valence-corrected chi connectivity index (χ3v) is 6.11. The predicted octanol–water partition coefficient (Wildman–Crippen LogP) is 5.83. The first-order chi connectivity index (χ1) is 16.8. The van der Waals surface area contributed by atoms with Crippen LogP contribution in [0.15, 0.2) is 73.2 Å². The van der Waals surface area contributed by atoms with Crippen molar-refractivity contribution in [2.75, 3.05) is 10.6 Å². The first kappa shape index (κ1) is 24.1. The van der Waals surface area contributed by atoms with Crippen molar-refractivity contribution in [3.63, 3.8) is 0 Å². The normalized spacial score (nSPS) is 11.8. The summed E-state index contributed by atoms with van der Waals surface area (Å²) in [6, 6.07) is 17.6. The second kappa shape index (κ2) is 10.5. The number of nitrogens with one attached hydrogen (secondary N) is 2. The van der Waals surface area contributed by atoms with Crippen molar-refractivity contribution in [2.24, 2.45) is 0 Å². The Bertz CT molecular complexity index is 1300. The van der Waals surface area contributed by atoms with Crippen LogP contribution in [0.1, 0.15) is 33.4 Å². The van der Waals surface area contributed by atoms with Crippen LogP contribution in [0.4, 0.5) is 11.5 Å². The summed E-state index contributed by atoms with van der Waals surface area (Å²) in [5.74, 6) is -0.00109. The lowest BCUT2D eigenvalue weighted by Crippen LogP contribution is -2.32. The van der Waals surface area contributed by atoms with Gasteiger partial charge in [0.2, 0.25) is 0 Å². The van der Waals surface area contributed by atoms with Gasteiger partial charge in [-0.25, -0.2) is 9.78 Å². The number of nitrogens with zero attached hydrogens (tertiary/aromatic N) is 2. The molecule has 0 saturated heterocycles. The van der Waals surface area contributed by atoms with Crippen LogP contribution in [0, 0.1) is 27.7 Å². The largest absolute Gasteiger partial charge is 0.480 e. The van der Waals surface area contributed by atoms with E-state index in [1.54, 1.807) is 6.20 Å². The van der Waals surface area contributed by atoms with Crippen molar-refractivity contribution in [3.05, 3.63) is 107 Å². The van der Waals surface area contributed by atoms with Crippen LogP contribution in [-0.2, 0) is 17.8 Å². The Balaban J connectivity index is 1.41. The second-order valence-corrected chi connectivity index (χ2v) is 9.18. The van der Waals surface area contributed by atoms with Gasteiger partial charge in [0, 0.05) is 42.9 Å². The van der Waals surface area contributed by atoms with E-state index in [9.17, 15) is 9.90 Å². The lowest BCUT2D eigenvalue weighted by molar-refractivity contribution is -0.137. The summed E-state index contributed by atoms with van der Waals surface area (Å²) in [7, 11) is 0. The molecule has 6 heteroatoms. The molecule has 0 aliphatic heterocycles. The fraction of sp³-hybridized carbons (Fsp3) is 0.241. The monoisotopic (exact) mass is 468 g/mol. The highest BCUT2D eigenvalue weighted by atomic mass is 16.4. The summed E-state index contributed by atoms with van der Waals surface area (Å²) in [5.41, 5.74) is 8.49. The zero-order valence-corrected chi connectivity index (χ0v) is 20.7. The topological polar surface area (TPSA) is 79.2 Å². The average Bonchev–Trinajstić information content (AvgIpc) is 3.28. The highest BCUT2D eigenvalue weighted by Gasteiger charge is 2.19. The Morgan fingerprint density at radius 2 is 1.66 bits per heavy atom. The molecule has 1 unspecified atom stereocenters. The third-order valence-electron chi connectivity index (χ3n) is 6.11. The molecule has 0 amide bonds. The lowest BCUT2D eigenvalue weighted by atomic mass is 10.0. The van der Waals surface area contributed by atoms with Crippen LogP contribution in [0.5, 0.6) is 0 Å². The van der Waals surface area contributed by atoms with E-state index in [4.69, 9.17) is 0 Å². The van der Waals surface area contributed by atoms with E-state index in [2.05, 4.69) is 44.6 Å². The predicted molar refractivity (Wildman–Crippen MR) is 141 cm³/mol. The zero-order valence-electron chi connectivity index (χ0n) is 20.7. The van der Waals surface area contributed by atoms with E-state index in [0.29, 0.717) is 13.0 Å². The average molecular weight is 469 g/mol. The maximum absolute atomic E-state index is 12.0. The highest BCUT2D eigenvalue weighted by Crippen LogP contribution is 2.24. The first-order valence-electron chi connectivity index (χ1n) is 11.8. The number of anilines is 2.